The number of carbonyl (C=O) groups excluding carboxylic acids is 4. The number of rotatable bonds is 12. The summed E-state index contributed by atoms with van der Waals surface area (Å²) in [4.78, 5) is 61.9. The van der Waals surface area contributed by atoms with Crippen molar-refractivity contribution in [2.45, 2.75) is 83.1 Å². The molecule has 4 amide bonds. The first-order valence-corrected chi connectivity index (χ1v) is 10.8. The zero-order valence-electron chi connectivity index (χ0n) is 18.7. The third-order valence-corrected chi connectivity index (χ3v) is 5.70. The van der Waals surface area contributed by atoms with E-state index < -0.39 is 59.9 Å². The normalized spacial score (nSPS) is 20.5. The van der Waals surface area contributed by atoms with Crippen LogP contribution >= 0.6 is 0 Å². The van der Waals surface area contributed by atoms with Gasteiger partial charge in [0.1, 0.15) is 18.1 Å². The van der Waals surface area contributed by atoms with Crippen LogP contribution in [0.15, 0.2) is 0 Å². The molecule has 6 atom stereocenters. The van der Waals surface area contributed by atoms with Gasteiger partial charge in [0.2, 0.25) is 23.6 Å². The summed E-state index contributed by atoms with van der Waals surface area (Å²) in [6.07, 6.45) is -0.0722. The molecule has 1 aliphatic heterocycles. The molecule has 0 radical (unpaired) electrons. The van der Waals surface area contributed by atoms with Crippen molar-refractivity contribution >= 4 is 29.6 Å². The monoisotopic (exact) mass is 457 g/mol. The maximum Gasteiger partial charge on any atom is 0.326 e. The highest BCUT2D eigenvalue weighted by Gasteiger charge is 2.40. The van der Waals surface area contributed by atoms with Crippen LogP contribution < -0.4 is 22.1 Å². The predicted octanol–water partition coefficient (Wildman–Crippen LogP) is -1.95. The van der Waals surface area contributed by atoms with Gasteiger partial charge in [0.05, 0.1) is 12.1 Å². The lowest BCUT2D eigenvalue weighted by Crippen LogP contribution is -2.61. The first kappa shape index (κ1) is 27.3. The van der Waals surface area contributed by atoms with Crippen LogP contribution in [0.3, 0.4) is 0 Å². The minimum absolute atomic E-state index is 0.0329. The summed E-state index contributed by atoms with van der Waals surface area (Å²) in [5.74, 6) is -4.15. The summed E-state index contributed by atoms with van der Waals surface area (Å²) >= 11 is 0. The summed E-state index contributed by atoms with van der Waals surface area (Å²) in [5, 5.41) is 24.3. The molecule has 32 heavy (non-hydrogen) atoms. The van der Waals surface area contributed by atoms with Crippen LogP contribution in [0, 0.1) is 5.92 Å². The van der Waals surface area contributed by atoms with E-state index in [9.17, 15) is 34.2 Å². The van der Waals surface area contributed by atoms with Crippen molar-refractivity contribution in [1.82, 2.24) is 15.5 Å². The lowest BCUT2D eigenvalue weighted by atomic mass is 9.96. The van der Waals surface area contributed by atoms with Gasteiger partial charge in [0, 0.05) is 13.0 Å². The van der Waals surface area contributed by atoms with Gasteiger partial charge in [0.25, 0.3) is 0 Å². The van der Waals surface area contributed by atoms with Crippen molar-refractivity contribution < 1.29 is 34.2 Å². The van der Waals surface area contributed by atoms with Gasteiger partial charge in [-0.2, -0.15) is 0 Å². The number of aliphatic hydroxyl groups excluding tert-OH is 1. The van der Waals surface area contributed by atoms with Crippen LogP contribution in [0.25, 0.3) is 0 Å². The number of hydrogen-bond acceptors (Lipinski definition) is 7. The van der Waals surface area contributed by atoms with E-state index in [1.165, 1.54) is 11.8 Å². The van der Waals surface area contributed by atoms with Gasteiger partial charge in [-0.25, -0.2) is 4.79 Å². The van der Waals surface area contributed by atoms with E-state index in [1.54, 1.807) is 6.92 Å². The van der Waals surface area contributed by atoms with Crippen molar-refractivity contribution in [1.29, 1.82) is 0 Å². The van der Waals surface area contributed by atoms with E-state index in [1.807, 2.05) is 6.92 Å². The Bertz CT molecular complexity index is 714. The van der Waals surface area contributed by atoms with Crippen LogP contribution in [0.1, 0.15) is 52.9 Å². The molecule has 1 fully saturated rings. The molecule has 12 heteroatoms. The fourth-order valence-electron chi connectivity index (χ4n) is 3.49. The quantitative estimate of drug-likeness (QED) is 0.194. The molecule has 8 N–H and O–H groups in total. The zero-order valence-corrected chi connectivity index (χ0v) is 18.7. The summed E-state index contributed by atoms with van der Waals surface area (Å²) in [6, 6.07) is -4.52. The smallest absolute Gasteiger partial charge is 0.326 e. The molecule has 0 aromatic heterocycles. The molecule has 1 heterocycles. The number of nitrogens with one attached hydrogen (secondary N) is 2. The van der Waals surface area contributed by atoms with Crippen molar-refractivity contribution in [3.05, 3.63) is 0 Å². The lowest BCUT2D eigenvalue weighted by Gasteiger charge is -2.32. The van der Waals surface area contributed by atoms with Gasteiger partial charge in [-0.15, -0.1) is 0 Å². The minimum atomic E-state index is -1.41. The lowest BCUT2D eigenvalue weighted by molar-refractivity contribution is -0.150. The second-order valence-electron chi connectivity index (χ2n) is 8.24. The summed E-state index contributed by atoms with van der Waals surface area (Å²) in [7, 11) is 0. The Morgan fingerprint density at radius 2 is 1.69 bits per heavy atom. The number of likely N-dealkylation sites (tertiary alicyclic amines) is 1. The number of carbonyl (C=O) groups is 5. The third-order valence-electron chi connectivity index (χ3n) is 5.70. The van der Waals surface area contributed by atoms with E-state index in [4.69, 9.17) is 11.5 Å². The van der Waals surface area contributed by atoms with E-state index in [-0.39, 0.29) is 25.3 Å². The van der Waals surface area contributed by atoms with Gasteiger partial charge < -0.3 is 37.2 Å². The molecule has 1 rings (SSSR count). The fourth-order valence-corrected chi connectivity index (χ4v) is 3.49. The van der Waals surface area contributed by atoms with E-state index >= 15 is 0 Å². The molecule has 0 aliphatic carbocycles. The number of hydrogen-bond donors (Lipinski definition) is 6. The Balaban J connectivity index is 2.96. The number of nitrogens with zero attached hydrogens (tertiary/aromatic N) is 1. The molecule has 0 saturated carbocycles. The molecular weight excluding hydrogens is 422 g/mol. The van der Waals surface area contributed by atoms with Crippen molar-refractivity contribution in [2.24, 2.45) is 17.4 Å². The fraction of sp³-hybridized carbons (Fsp3) is 0.750. The summed E-state index contributed by atoms with van der Waals surface area (Å²) in [5.41, 5.74) is 10.8. The second-order valence-corrected chi connectivity index (χ2v) is 8.24. The first-order valence-electron chi connectivity index (χ1n) is 10.8. The molecule has 12 nitrogen and oxygen atoms in total. The van der Waals surface area contributed by atoms with Crippen LogP contribution in [0.2, 0.25) is 0 Å². The number of aliphatic hydroxyl groups is 1. The summed E-state index contributed by atoms with van der Waals surface area (Å²) < 4.78 is 0. The number of carboxylic acid groups (broad SMARTS) is 1. The highest BCUT2D eigenvalue weighted by atomic mass is 16.4. The molecular formula is C20H35N5O7. The van der Waals surface area contributed by atoms with Crippen molar-refractivity contribution in [3.8, 4) is 0 Å². The Hall–Kier alpha value is -2.73. The number of aliphatic carboxylic acids is 1. The number of nitrogens with two attached hydrogens (primary N) is 2. The van der Waals surface area contributed by atoms with E-state index in [2.05, 4.69) is 10.6 Å². The zero-order chi connectivity index (χ0) is 24.6. The number of primary amides is 1. The molecule has 0 bridgehead atoms. The maximum absolute atomic E-state index is 13.1. The number of amides is 4. The molecule has 6 unspecified atom stereocenters. The Morgan fingerprint density at radius 3 is 2.19 bits per heavy atom. The van der Waals surface area contributed by atoms with E-state index in [0.29, 0.717) is 19.3 Å². The van der Waals surface area contributed by atoms with Crippen LogP contribution in [0.4, 0.5) is 0 Å². The predicted molar refractivity (Wildman–Crippen MR) is 114 cm³/mol. The highest BCUT2D eigenvalue weighted by molar-refractivity contribution is 5.94. The topological polar surface area (TPSA) is 205 Å². The van der Waals surface area contributed by atoms with Gasteiger partial charge in [-0.1, -0.05) is 20.3 Å². The average molecular weight is 458 g/mol. The standard InChI is InChI=1S/C20H35N5O7/c1-4-10(2)15(19(30)25-9-5-6-13(25)20(31)32)23-18(29)16(11(3)26)24-17(28)12(21)7-8-14(22)27/h10-13,15-16,26H,4-9,21H2,1-3H3,(H2,22,27)(H,23,29)(H,24,28)(H,31,32). The average Bonchev–Trinajstić information content (AvgIpc) is 3.22. The molecule has 0 aromatic rings. The Morgan fingerprint density at radius 1 is 1.09 bits per heavy atom. The van der Waals surface area contributed by atoms with Crippen molar-refractivity contribution in [3.63, 3.8) is 0 Å². The van der Waals surface area contributed by atoms with Crippen LogP contribution in [-0.4, -0.2) is 81.5 Å². The van der Waals surface area contributed by atoms with E-state index in [0.717, 1.165) is 0 Å². The van der Waals surface area contributed by atoms with Gasteiger partial charge in [0.15, 0.2) is 0 Å². The van der Waals surface area contributed by atoms with Crippen LogP contribution in [-0.2, 0) is 24.0 Å². The molecule has 1 aliphatic rings. The van der Waals surface area contributed by atoms with Gasteiger partial charge in [-0.05, 0) is 32.1 Å². The highest BCUT2D eigenvalue weighted by Crippen LogP contribution is 2.21. The SMILES string of the molecule is CCC(C)C(NC(=O)C(NC(=O)C(N)CCC(N)=O)C(C)O)C(=O)N1CCCC1C(=O)O. The molecule has 0 aromatic carbocycles. The second kappa shape index (κ2) is 12.3. The van der Waals surface area contributed by atoms with Gasteiger partial charge >= 0.3 is 5.97 Å². The first-order chi connectivity index (χ1) is 14.9. The number of carboxylic acids is 1. The van der Waals surface area contributed by atoms with Gasteiger partial charge in [-0.3, -0.25) is 19.2 Å². The van der Waals surface area contributed by atoms with Crippen LogP contribution in [0.5, 0.6) is 0 Å². The largest absolute Gasteiger partial charge is 0.480 e. The maximum atomic E-state index is 13.1. The summed E-state index contributed by atoms with van der Waals surface area (Å²) in [6.45, 7) is 5.12. The molecule has 1 saturated heterocycles. The Labute approximate surface area is 187 Å². The molecule has 0 spiro atoms. The third kappa shape index (κ3) is 7.45. The minimum Gasteiger partial charge on any atom is -0.480 e. The van der Waals surface area contributed by atoms with Crippen molar-refractivity contribution in [2.75, 3.05) is 6.54 Å². The molecule has 182 valence electrons. The Kier molecular flexibility index (Phi) is 10.5.